The Kier molecular flexibility index (Phi) is 1.88. The summed E-state index contributed by atoms with van der Waals surface area (Å²) in [6.07, 6.45) is 6.60. The highest BCUT2D eigenvalue weighted by molar-refractivity contribution is 6.51. The summed E-state index contributed by atoms with van der Waals surface area (Å²) in [6, 6.07) is 0. The third-order valence-corrected chi connectivity index (χ3v) is 1.78. The number of hydrogen-bond acceptors (Lipinski definition) is 0. The van der Waals surface area contributed by atoms with Gasteiger partial charge in [0, 0.05) is 0 Å². The molecule has 50 valence electrons. The quantitative estimate of drug-likeness (QED) is 0.521. The van der Waals surface area contributed by atoms with Crippen LogP contribution in [0.25, 0.3) is 0 Å². The van der Waals surface area contributed by atoms with E-state index in [1.54, 1.807) is 6.08 Å². The zero-order chi connectivity index (χ0) is 6.91. The van der Waals surface area contributed by atoms with Gasteiger partial charge in [-0.15, -0.1) is 0 Å². The van der Waals surface area contributed by atoms with E-state index in [1.807, 2.05) is 12.2 Å². The summed E-state index contributed by atoms with van der Waals surface area (Å²) >= 11 is 11.5. The smallest absolute Gasteiger partial charge is 0.0922 e. The van der Waals surface area contributed by atoms with Crippen molar-refractivity contribution in [2.24, 2.45) is 0 Å². The molecule has 0 nitrogen and oxygen atoms in total. The lowest BCUT2D eigenvalue weighted by molar-refractivity contribution is 1.14. The van der Waals surface area contributed by atoms with Crippen molar-refractivity contribution < 1.29 is 0 Å². The van der Waals surface area contributed by atoms with Crippen molar-refractivity contribution >= 4 is 23.2 Å². The van der Waals surface area contributed by atoms with Crippen LogP contribution in [0.2, 0.25) is 0 Å². The molecule has 0 fully saturated rings. The minimum absolute atomic E-state index is 0.731. The molecule has 0 N–H and O–H groups in total. The average molecular weight is 163 g/mol. The first-order valence-electron chi connectivity index (χ1n) is 2.93. The number of allylic oxidation sites excluding steroid dienone is 4. The fraction of sp³-hybridized carbons (Fsp3) is 0.429. The Morgan fingerprint density at radius 1 is 1.56 bits per heavy atom. The predicted molar refractivity (Wildman–Crippen MR) is 42.0 cm³/mol. The van der Waals surface area contributed by atoms with E-state index >= 15 is 0 Å². The second kappa shape index (κ2) is 2.36. The lowest BCUT2D eigenvalue weighted by Crippen LogP contribution is -1.98. The molecule has 1 aliphatic rings. The van der Waals surface area contributed by atoms with Crippen molar-refractivity contribution in [3.63, 3.8) is 0 Å². The Bertz CT molecular complexity index is 166. The van der Waals surface area contributed by atoms with Gasteiger partial charge in [0.25, 0.3) is 0 Å². The number of rotatable bonds is 1. The van der Waals surface area contributed by atoms with Crippen LogP contribution >= 0.6 is 23.2 Å². The molecule has 1 aliphatic carbocycles. The molecule has 0 atom stereocenters. The van der Waals surface area contributed by atoms with Crippen LogP contribution in [0.1, 0.15) is 13.3 Å². The summed E-state index contributed by atoms with van der Waals surface area (Å²) in [5.74, 6) is 0. The molecule has 0 aromatic carbocycles. The van der Waals surface area contributed by atoms with E-state index in [4.69, 9.17) is 23.2 Å². The van der Waals surface area contributed by atoms with E-state index in [0.717, 1.165) is 6.42 Å². The molecule has 2 heteroatoms. The molecule has 0 amide bonds. The van der Waals surface area contributed by atoms with Gasteiger partial charge < -0.3 is 0 Å². The van der Waals surface area contributed by atoms with Crippen LogP contribution in [-0.2, 0) is 0 Å². The lowest BCUT2D eigenvalue weighted by Gasteiger charge is -2.02. The van der Waals surface area contributed by atoms with Gasteiger partial charge in [-0.2, -0.15) is 0 Å². The van der Waals surface area contributed by atoms with Crippen LogP contribution in [0.5, 0.6) is 0 Å². The largest absolute Gasteiger partial charge is 0.155 e. The fourth-order valence-corrected chi connectivity index (χ4v) is 1.19. The molecule has 1 rings (SSSR count). The van der Waals surface area contributed by atoms with E-state index in [0.29, 0.717) is 0 Å². The minimum Gasteiger partial charge on any atom is -0.0922 e. The van der Waals surface area contributed by atoms with Gasteiger partial charge in [-0.05, 0) is 24.1 Å². The molecular weight excluding hydrogens is 155 g/mol. The monoisotopic (exact) mass is 162 g/mol. The number of alkyl halides is 2. The molecule has 0 saturated heterocycles. The van der Waals surface area contributed by atoms with Gasteiger partial charge >= 0.3 is 0 Å². The molecular formula is C7H8Cl2. The third kappa shape index (κ3) is 1.74. The molecule has 0 heterocycles. The standard InChI is InChI=1S/C7H8Cl2/c1-2-6-3-4-7(8,9)5-6/h3-5H,2H2,1H3. The normalized spacial score (nSPS) is 22.3. The van der Waals surface area contributed by atoms with Crippen LogP contribution in [0.15, 0.2) is 23.8 Å². The second-order valence-electron chi connectivity index (χ2n) is 2.08. The van der Waals surface area contributed by atoms with Gasteiger partial charge in [0.1, 0.15) is 0 Å². The first kappa shape index (κ1) is 7.17. The van der Waals surface area contributed by atoms with Crippen molar-refractivity contribution in [3.8, 4) is 0 Å². The molecule has 0 aromatic rings. The van der Waals surface area contributed by atoms with Crippen molar-refractivity contribution in [2.45, 2.75) is 17.7 Å². The van der Waals surface area contributed by atoms with Crippen LogP contribution in [-0.4, -0.2) is 4.33 Å². The molecule has 0 aliphatic heterocycles. The third-order valence-electron chi connectivity index (χ3n) is 1.31. The maximum Gasteiger partial charge on any atom is 0.155 e. The fourth-order valence-electron chi connectivity index (χ4n) is 0.781. The van der Waals surface area contributed by atoms with Crippen LogP contribution in [0, 0.1) is 0 Å². The average Bonchev–Trinajstić information content (AvgIpc) is 2.10. The van der Waals surface area contributed by atoms with Crippen molar-refractivity contribution in [3.05, 3.63) is 23.8 Å². The summed E-state index contributed by atoms with van der Waals surface area (Å²) in [7, 11) is 0. The van der Waals surface area contributed by atoms with Gasteiger partial charge in [-0.1, -0.05) is 36.2 Å². The van der Waals surface area contributed by atoms with E-state index < -0.39 is 4.33 Å². The first-order chi connectivity index (χ1) is 4.14. The van der Waals surface area contributed by atoms with Crippen LogP contribution < -0.4 is 0 Å². The zero-order valence-corrected chi connectivity index (χ0v) is 6.71. The van der Waals surface area contributed by atoms with E-state index in [1.165, 1.54) is 5.57 Å². The number of hydrogen-bond donors (Lipinski definition) is 0. The first-order valence-corrected chi connectivity index (χ1v) is 3.68. The van der Waals surface area contributed by atoms with Gasteiger partial charge in [0.05, 0.1) is 0 Å². The highest BCUT2D eigenvalue weighted by Gasteiger charge is 2.20. The van der Waals surface area contributed by atoms with Crippen molar-refractivity contribution in [2.75, 3.05) is 0 Å². The summed E-state index contributed by atoms with van der Waals surface area (Å²) in [4.78, 5) is 0. The van der Waals surface area contributed by atoms with Crippen LogP contribution in [0.4, 0.5) is 0 Å². The molecule has 0 aromatic heterocycles. The molecule has 0 spiro atoms. The SMILES string of the molecule is CCC1=CC(Cl)(Cl)C=C1. The van der Waals surface area contributed by atoms with Gasteiger partial charge in [-0.3, -0.25) is 0 Å². The highest BCUT2D eigenvalue weighted by atomic mass is 35.5. The maximum atomic E-state index is 5.74. The predicted octanol–water partition coefficient (Wildman–Crippen LogP) is 3.07. The second-order valence-corrected chi connectivity index (χ2v) is 3.52. The zero-order valence-electron chi connectivity index (χ0n) is 5.20. The maximum absolute atomic E-state index is 5.74. The van der Waals surface area contributed by atoms with Crippen LogP contribution in [0.3, 0.4) is 0 Å². The molecule has 0 unspecified atom stereocenters. The van der Waals surface area contributed by atoms with Crippen molar-refractivity contribution in [1.82, 2.24) is 0 Å². The number of halogens is 2. The van der Waals surface area contributed by atoms with Crippen molar-refractivity contribution in [1.29, 1.82) is 0 Å². The summed E-state index contributed by atoms with van der Waals surface area (Å²) in [5, 5.41) is 0. The Hall–Kier alpha value is 0.0600. The summed E-state index contributed by atoms with van der Waals surface area (Å²) in [6.45, 7) is 2.07. The van der Waals surface area contributed by atoms with E-state index in [9.17, 15) is 0 Å². The Morgan fingerprint density at radius 3 is 2.44 bits per heavy atom. The Morgan fingerprint density at radius 2 is 2.22 bits per heavy atom. The molecule has 0 saturated carbocycles. The topological polar surface area (TPSA) is 0 Å². The van der Waals surface area contributed by atoms with E-state index in [-0.39, 0.29) is 0 Å². The van der Waals surface area contributed by atoms with Gasteiger partial charge in [0.2, 0.25) is 0 Å². The highest BCUT2D eigenvalue weighted by Crippen LogP contribution is 2.32. The van der Waals surface area contributed by atoms with Gasteiger partial charge in [-0.25, -0.2) is 0 Å². The summed E-state index contributed by atoms with van der Waals surface area (Å²) < 4.78 is -0.731. The molecule has 0 bridgehead atoms. The minimum atomic E-state index is -0.731. The van der Waals surface area contributed by atoms with E-state index in [2.05, 4.69) is 6.92 Å². The lowest BCUT2D eigenvalue weighted by atomic mass is 10.2. The molecule has 0 radical (unpaired) electrons. The Balaban J connectivity index is 2.74. The van der Waals surface area contributed by atoms with Gasteiger partial charge in [0.15, 0.2) is 4.33 Å². The molecule has 9 heavy (non-hydrogen) atoms. The summed E-state index contributed by atoms with van der Waals surface area (Å²) in [5.41, 5.74) is 1.21. The Labute approximate surface area is 65.2 Å².